The van der Waals surface area contributed by atoms with Crippen LogP contribution in [0.3, 0.4) is 0 Å². The number of anilines is 4. The Morgan fingerprint density at radius 3 is 2.02 bits per heavy atom. The van der Waals surface area contributed by atoms with Gasteiger partial charge in [0.25, 0.3) is 0 Å². The molecule has 2 aromatic heterocycles. The summed E-state index contributed by atoms with van der Waals surface area (Å²) in [6, 6.07) is 52.9. The highest BCUT2D eigenvalue weighted by atomic mass is 16.5. The number of nitrogens with zero attached hydrogens (tertiary/aromatic N) is 4. The summed E-state index contributed by atoms with van der Waals surface area (Å²) in [7, 11) is 0. The lowest BCUT2D eigenvalue weighted by molar-refractivity contribution is 0.483. The Bertz CT molecular complexity index is 2840. The smallest absolute Gasteiger partial charge is 0.137 e. The fourth-order valence-corrected chi connectivity index (χ4v) is 8.87. The largest absolute Gasteiger partial charge is 0.457 e. The fraction of sp³-hybridized carbons (Fsp3) is 0.255. The van der Waals surface area contributed by atoms with Gasteiger partial charge < -0.3 is 14.5 Å². The maximum Gasteiger partial charge on any atom is 0.137 e. The Balaban J connectivity index is 1.11. The van der Waals surface area contributed by atoms with E-state index in [4.69, 9.17) is 9.72 Å². The molecule has 0 fully saturated rings. The van der Waals surface area contributed by atoms with E-state index < -0.39 is 0 Å². The maximum absolute atomic E-state index is 6.79. The van der Waals surface area contributed by atoms with Crippen LogP contribution in [0.1, 0.15) is 90.8 Å². The molecule has 3 heterocycles. The summed E-state index contributed by atoms with van der Waals surface area (Å²) in [5, 5.41) is 2.36. The third-order valence-electron chi connectivity index (χ3n) is 12.4. The molecule has 6 aromatic carbocycles. The van der Waals surface area contributed by atoms with Crippen LogP contribution in [0.2, 0.25) is 0 Å². The zero-order chi connectivity index (χ0) is 41.8. The normalized spacial score (nSPS) is 13.2. The second-order valence-corrected chi connectivity index (χ2v) is 18.4. The molecule has 0 spiro atoms. The molecule has 0 bridgehead atoms. The number of pyridine rings is 1. The lowest BCUT2D eigenvalue weighted by Gasteiger charge is -2.25. The molecular formula is C55H56N4O. The van der Waals surface area contributed by atoms with Gasteiger partial charge >= 0.3 is 0 Å². The highest BCUT2D eigenvalue weighted by Gasteiger charge is 2.31. The Morgan fingerprint density at radius 2 is 1.25 bits per heavy atom. The second kappa shape index (κ2) is 15.4. The molecule has 0 atom stereocenters. The Labute approximate surface area is 355 Å². The standard InChI is InChI=1S/C55H56N4O/c1-9-37(10-2)39-29-40(38-17-12-11-13-18-38)31-44(30-39)58-36-57(52-32-41(54(3,4)5)23-26-50(52)58)43-19-16-20-45(34-43)60-46-24-25-48-47-21-14-15-22-49(47)59(51(48)35-46)53-33-42(27-28-56-53)55(6,7)8/h11-35,37H,9-10,36H2,1-8H3. The second-order valence-electron chi connectivity index (χ2n) is 18.4. The van der Waals surface area contributed by atoms with Crippen LogP contribution in [0, 0.1) is 0 Å². The van der Waals surface area contributed by atoms with Crippen molar-refractivity contribution in [1.29, 1.82) is 0 Å². The van der Waals surface area contributed by atoms with E-state index in [1.54, 1.807) is 0 Å². The quantitative estimate of drug-likeness (QED) is 0.146. The van der Waals surface area contributed by atoms with E-state index in [2.05, 4.69) is 215 Å². The first-order chi connectivity index (χ1) is 28.9. The molecule has 0 aliphatic carbocycles. The summed E-state index contributed by atoms with van der Waals surface area (Å²) in [5.41, 5.74) is 13.3. The Kier molecular flexibility index (Phi) is 10.0. The zero-order valence-electron chi connectivity index (χ0n) is 36.3. The minimum atomic E-state index is -0.000743. The third kappa shape index (κ3) is 7.31. The van der Waals surface area contributed by atoms with E-state index in [0.717, 1.165) is 46.9 Å². The van der Waals surface area contributed by atoms with E-state index in [1.807, 2.05) is 6.20 Å². The van der Waals surface area contributed by atoms with E-state index in [-0.39, 0.29) is 10.8 Å². The minimum absolute atomic E-state index is 0.000356. The maximum atomic E-state index is 6.79. The van der Waals surface area contributed by atoms with Gasteiger partial charge in [0.15, 0.2) is 0 Å². The van der Waals surface area contributed by atoms with Gasteiger partial charge in [-0.25, -0.2) is 4.98 Å². The van der Waals surface area contributed by atoms with Crippen molar-refractivity contribution < 1.29 is 4.74 Å². The van der Waals surface area contributed by atoms with Crippen LogP contribution in [0.5, 0.6) is 11.5 Å². The van der Waals surface area contributed by atoms with Crippen LogP contribution in [-0.4, -0.2) is 16.2 Å². The van der Waals surface area contributed by atoms with E-state index in [9.17, 15) is 0 Å². The van der Waals surface area contributed by atoms with Crippen molar-refractivity contribution in [2.24, 2.45) is 0 Å². The van der Waals surface area contributed by atoms with Crippen LogP contribution >= 0.6 is 0 Å². The van der Waals surface area contributed by atoms with Crippen molar-refractivity contribution in [1.82, 2.24) is 9.55 Å². The summed E-state index contributed by atoms with van der Waals surface area (Å²) in [4.78, 5) is 9.82. The molecule has 1 aliphatic heterocycles. The molecule has 0 amide bonds. The number of para-hydroxylation sites is 1. The lowest BCUT2D eigenvalue weighted by Crippen LogP contribution is -2.24. The van der Waals surface area contributed by atoms with Gasteiger partial charge in [-0.2, -0.15) is 0 Å². The minimum Gasteiger partial charge on any atom is -0.457 e. The predicted molar refractivity (Wildman–Crippen MR) is 253 cm³/mol. The Hall–Kier alpha value is -6.33. The molecule has 0 saturated heterocycles. The van der Waals surface area contributed by atoms with Crippen LogP contribution in [0.25, 0.3) is 38.8 Å². The SMILES string of the molecule is CCC(CC)c1cc(-c2ccccc2)cc(N2CN(c3cccc(Oc4ccc5c6ccccc6n(-c6cc(C(C)(C)C)ccn6)c5c4)c3)c3cc(C(C)(C)C)ccc32)c1. The molecule has 9 rings (SSSR count). The van der Waals surface area contributed by atoms with Crippen molar-refractivity contribution in [3.05, 3.63) is 168 Å². The van der Waals surface area contributed by atoms with Gasteiger partial charge in [-0.3, -0.25) is 4.57 Å². The van der Waals surface area contributed by atoms with E-state index >= 15 is 0 Å². The van der Waals surface area contributed by atoms with Crippen molar-refractivity contribution in [3.8, 4) is 28.4 Å². The average molecular weight is 789 g/mol. The topological polar surface area (TPSA) is 33.5 Å². The highest BCUT2D eigenvalue weighted by molar-refractivity contribution is 6.09. The number of hydrogen-bond acceptors (Lipinski definition) is 4. The molecule has 1 aliphatic rings. The molecule has 8 aromatic rings. The number of benzene rings is 6. The first-order valence-electron chi connectivity index (χ1n) is 21.6. The number of fused-ring (bicyclic) bond motifs is 4. The molecule has 60 heavy (non-hydrogen) atoms. The van der Waals surface area contributed by atoms with Crippen LogP contribution in [-0.2, 0) is 10.8 Å². The van der Waals surface area contributed by atoms with Gasteiger partial charge in [-0.15, -0.1) is 0 Å². The van der Waals surface area contributed by atoms with E-state index in [0.29, 0.717) is 12.6 Å². The highest BCUT2D eigenvalue weighted by Crippen LogP contribution is 2.48. The molecule has 0 saturated carbocycles. The van der Waals surface area contributed by atoms with Crippen LogP contribution in [0.15, 0.2) is 152 Å². The van der Waals surface area contributed by atoms with E-state index in [1.165, 1.54) is 55.7 Å². The van der Waals surface area contributed by atoms with Crippen molar-refractivity contribution in [3.63, 3.8) is 0 Å². The van der Waals surface area contributed by atoms with Gasteiger partial charge in [-0.1, -0.05) is 122 Å². The van der Waals surface area contributed by atoms with Gasteiger partial charge in [0, 0.05) is 40.5 Å². The molecule has 5 nitrogen and oxygen atoms in total. The first-order valence-corrected chi connectivity index (χ1v) is 21.6. The molecule has 302 valence electrons. The number of aromatic nitrogens is 2. The monoisotopic (exact) mass is 788 g/mol. The molecule has 0 N–H and O–H groups in total. The number of hydrogen-bond donors (Lipinski definition) is 0. The summed E-state index contributed by atoms with van der Waals surface area (Å²) >= 11 is 0. The van der Waals surface area contributed by atoms with Gasteiger partial charge in [0.05, 0.1) is 22.4 Å². The summed E-state index contributed by atoms with van der Waals surface area (Å²) < 4.78 is 9.06. The molecule has 0 radical (unpaired) electrons. The third-order valence-corrected chi connectivity index (χ3v) is 12.4. The number of rotatable bonds is 9. The summed E-state index contributed by atoms with van der Waals surface area (Å²) in [6.07, 6.45) is 4.14. The zero-order valence-corrected chi connectivity index (χ0v) is 36.3. The Morgan fingerprint density at radius 1 is 0.550 bits per heavy atom. The average Bonchev–Trinajstić information content (AvgIpc) is 3.80. The first kappa shape index (κ1) is 39.1. The summed E-state index contributed by atoms with van der Waals surface area (Å²) in [6.45, 7) is 18.9. The summed E-state index contributed by atoms with van der Waals surface area (Å²) in [5.74, 6) is 2.96. The predicted octanol–water partition coefficient (Wildman–Crippen LogP) is 15.4. The van der Waals surface area contributed by atoms with Gasteiger partial charge in [0.2, 0.25) is 0 Å². The lowest BCUT2D eigenvalue weighted by atomic mass is 9.86. The molecule has 5 heteroatoms. The number of ether oxygens (including phenoxy) is 1. The molecule has 0 unspecified atom stereocenters. The van der Waals surface area contributed by atoms with Gasteiger partial charge in [-0.05, 0) is 124 Å². The van der Waals surface area contributed by atoms with Crippen molar-refractivity contribution >= 4 is 44.6 Å². The molecular weight excluding hydrogens is 733 g/mol. The van der Waals surface area contributed by atoms with Crippen LogP contribution < -0.4 is 14.5 Å². The fourth-order valence-electron chi connectivity index (χ4n) is 8.87. The van der Waals surface area contributed by atoms with Gasteiger partial charge in [0.1, 0.15) is 24.0 Å². The van der Waals surface area contributed by atoms with Crippen molar-refractivity contribution in [2.75, 3.05) is 16.5 Å². The van der Waals surface area contributed by atoms with Crippen molar-refractivity contribution in [2.45, 2.75) is 85.0 Å². The van der Waals surface area contributed by atoms with Crippen LogP contribution in [0.4, 0.5) is 22.7 Å².